The van der Waals surface area contributed by atoms with Crippen LogP contribution < -0.4 is 5.32 Å². The highest BCUT2D eigenvalue weighted by molar-refractivity contribution is 5.71. The molecule has 0 aliphatic heterocycles. The van der Waals surface area contributed by atoms with E-state index in [1.165, 1.54) is 0 Å². The van der Waals surface area contributed by atoms with Crippen molar-refractivity contribution in [3.8, 4) is 11.4 Å². The maximum absolute atomic E-state index is 4.34. The Balaban J connectivity index is 2.36. The Labute approximate surface area is 94.9 Å². The van der Waals surface area contributed by atoms with Gasteiger partial charge < -0.3 is 5.32 Å². The third-order valence-electron chi connectivity index (χ3n) is 2.15. The Kier molecular flexibility index (Phi) is 3.28. The molecule has 0 amide bonds. The Morgan fingerprint density at radius 2 is 2.00 bits per heavy atom. The summed E-state index contributed by atoms with van der Waals surface area (Å²) in [6.07, 6.45) is 5.35. The molecule has 3 heteroatoms. The van der Waals surface area contributed by atoms with Crippen LogP contribution >= 0.6 is 0 Å². The molecule has 0 saturated heterocycles. The zero-order chi connectivity index (χ0) is 11.2. The fraction of sp³-hybridized carbons (Fsp3) is 0.0769. The van der Waals surface area contributed by atoms with Gasteiger partial charge in [0.2, 0.25) is 0 Å². The second-order valence-electron chi connectivity index (χ2n) is 3.28. The van der Waals surface area contributed by atoms with Gasteiger partial charge in [0, 0.05) is 18.9 Å². The van der Waals surface area contributed by atoms with Gasteiger partial charge in [-0.05, 0) is 24.3 Å². The highest BCUT2D eigenvalue weighted by atomic mass is 14.9. The molecule has 0 aliphatic carbocycles. The van der Waals surface area contributed by atoms with E-state index in [1.54, 1.807) is 12.4 Å². The minimum Gasteiger partial charge on any atom is -0.380 e. The van der Waals surface area contributed by atoms with Crippen LogP contribution in [0.25, 0.3) is 11.4 Å². The number of hydrogen-bond donors (Lipinski definition) is 1. The molecule has 2 aromatic heterocycles. The lowest BCUT2D eigenvalue weighted by Gasteiger charge is -2.08. The van der Waals surface area contributed by atoms with Gasteiger partial charge in [0.05, 0.1) is 11.4 Å². The van der Waals surface area contributed by atoms with Crippen LogP contribution in [-0.4, -0.2) is 16.5 Å². The summed E-state index contributed by atoms with van der Waals surface area (Å²) in [6.45, 7) is 4.39. The molecule has 0 unspecified atom stereocenters. The first-order chi connectivity index (χ1) is 7.92. The van der Waals surface area contributed by atoms with Crippen molar-refractivity contribution in [1.82, 2.24) is 9.97 Å². The van der Waals surface area contributed by atoms with Crippen molar-refractivity contribution in [3.05, 3.63) is 55.4 Å². The second kappa shape index (κ2) is 5.07. The SMILES string of the molecule is C=CCNc1cccnc1-c1ccccn1. The molecule has 2 rings (SSSR count). The molecule has 2 heterocycles. The van der Waals surface area contributed by atoms with E-state index in [0.717, 1.165) is 17.1 Å². The van der Waals surface area contributed by atoms with Crippen molar-refractivity contribution in [2.75, 3.05) is 11.9 Å². The van der Waals surface area contributed by atoms with Crippen LogP contribution in [0, 0.1) is 0 Å². The molecule has 0 atom stereocenters. The third-order valence-corrected chi connectivity index (χ3v) is 2.15. The Bertz CT molecular complexity index is 466. The van der Waals surface area contributed by atoms with Gasteiger partial charge in [-0.25, -0.2) is 0 Å². The summed E-state index contributed by atoms with van der Waals surface area (Å²) in [7, 11) is 0. The molecule has 80 valence electrons. The Morgan fingerprint density at radius 3 is 2.75 bits per heavy atom. The van der Waals surface area contributed by atoms with E-state index in [0.29, 0.717) is 6.54 Å². The number of pyridine rings is 2. The lowest BCUT2D eigenvalue weighted by Crippen LogP contribution is -2.01. The molecular formula is C13H13N3. The predicted molar refractivity (Wildman–Crippen MR) is 66.2 cm³/mol. The Hall–Kier alpha value is -2.16. The average molecular weight is 211 g/mol. The van der Waals surface area contributed by atoms with Gasteiger partial charge in [-0.3, -0.25) is 9.97 Å². The normalized spacial score (nSPS) is 9.75. The van der Waals surface area contributed by atoms with E-state index >= 15 is 0 Å². The van der Waals surface area contributed by atoms with Crippen molar-refractivity contribution in [2.45, 2.75) is 0 Å². The Morgan fingerprint density at radius 1 is 1.12 bits per heavy atom. The topological polar surface area (TPSA) is 37.8 Å². The quantitative estimate of drug-likeness (QED) is 0.790. The summed E-state index contributed by atoms with van der Waals surface area (Å²) in [5, 5.41) is 3.24. The average Bonchev–Trinajstić information content (AvgIpc) is 2.38. The summed E-state index contributed by atoms with van der Waals surface area (Å²) in [4.78, 5) is 8.63. The van der Waals surface area contributed by atoms with Gasteiger partial charge in [0.25, 0.3) is 0 Å². The minimum atomic E-state index is 0.714. The van der Waals surface area contributed by atoms with E-state index in [2.05, 4.69) is 21.9 Å². The molecule has 0 aromatic carbocycles. The number of anilines is 1. The lowest BCUT2D eigenvalue weighted by atomic mass is 10.2. The minimum absolute atomic E-state index is 0.714. The molecule has 0 fully saturated rings. The van der Waals surface area contributed by atoms with Crippen molar-refractivity contribution in [2.24, 2.45) is 0 Å². The molecule has 0 aliphatic rings. The molecule has 0 spiro atoms. The van der Waals surface area contributed by atoms with Crippen LogP contribution in [-0.2, 0) is 0 Å². The first-order valence-corrected chi connectivity index (χ1v) is 5.13. The summed E-state index contributed by atoms with van der Waals surface area (Å²) in [5.74, 6) is 0. The van der Waals surface area contributed by atoms with Crippen LogP contribution in [0.2, 0.25) is 0 Å². The molecule has 16 heavy (non-hydrogen) atoms. The number of nitrogens with zero attached hydrogens (tertiary/aromatic N) is 2. The van der Waals surface area contributed by atoms with Gasteiger partial charge in [0.1, 0.15) is 5.69 Å². The second-order valence-corrected chi connectivity index (χ2v) is 3.28. The van der Waals surface area contributed by atoms with Crippen LogP contribution in [0.4, 0.5) is 5.69 Å². The van der Waals surface area contributed by atoms with Crippen LogP contribution in [0.15, 0.2) is 55.4 Å². The molecule has 0 radical (unpaired) electrons. The van der Waals surface area contributed by atoms with E-state index in [9.17, 15) is 0 Å². The smallest absolute Gasteiger partial charge is 0.112 e. The summed E-state index contributed by atoms with van der Waals surface area (Å²) < 4.78 is 0. The maximum Gasteiger partial charge on any atom is 0.112 e. The van der Waals surface area contributed by atoms with Gasteiger partial charge in [-0.15, -0.1) is 6.58 Å². The summed E-state index contributed by atoms with van der Waals surface area (Å²) in [6, 6.07) is 9.68. The number of hydrogen-bond acceptors (Lipinski definition) is 3. The first-order valence-electron chi connectivity index (χ1n) is 5.13. The summed E-state index contributed by atoms with van der Waals surface area (Å²) >= 11 is 0. The predicted octanol–water partition coefficient (Wildman–Crippen LogP) is 2.74. The lowest BCUT2D eigenvalue weighted by molar-refractivity contribution is 1.22. The number of nitrogens with one attached hydrogen (secondary N) is 1. The standard InChI is InChI=1S/C13H13N3/c1-2-8-14-12-7-5-10-16-13(12)11-6-3-4-9-15-11/h2-7,9-10,14H,1,8H2. The van der Waals surface area contributed by atoms with Gasteiger partial charge in [0.15, 0.2) is 0 Å². The largest absolute Gasteiger partial charge is 0.380 e. The van der Waals surface area contributed by atoms with Crippen LogP contribution in [0.1, 0.15) is 0 Å². The van der Waals surface area contributed by atoms with Crippen LogP contribution in [0.5, 0.6) is 0 Å². The van der Waals surface area contributed by atoms with Crippen molar-refractivity contribution >= 4 is 5.69 Å². The maximum atomic E-state index is 4.34. The first kappa shape index (κ1) is 10.4. The molecule has 1 N–H and O–H groups in total. The third kappa shape index (κ3) is 2.25. The van der Waals surface area contributed by atoms with Gasteiger partial charge in [-0.2, -0.15) is 0 Å². The fourth-order valence-electron chi connectivity index (χ4n) is 1.44. The highest BCUT2D eigenvalue weighted by Crippen LogP contribution is 2.22. The van der Waals surface area contributed by atoms with Gasteiger partial charge >= 0.3 is 0 Å². The van der Waals surface area contributed by atoms with Gasteiger partial charge in [-0.1, -0.05) is 12.1 Å². The van der Waals surface area contributed by atoms with E-state index in [4.69, 9.17) is 0 Å². The van der Waals surface area contributed by atoms with Crippen LogP contribution in [0.3, 0.4) is 0 Å². The zero-order valence-electron chi connectivity index (χ0n) is 8.93. The molecular weight excluding hydrogens is 198 g/mol. The van der Waals surface area contributed by atoms with E-state index < -0.39 is 0 Å². The van der Waals surface area contributed by atoms with Crippen molar-refractivity contribution in [1.29, 1.82) is 0 Å². The molecule has 2 aromatic rings. The molecule has 3 nitrogen and oxygen atoms in total. The summed E-state index contributed by atoms with van der Waals surface area (Å²) in [5.41, 5.74) is 2.71. The monoisotopic (exact) mass is 211 g/mol. The molecule has 0 bridgehead atoms. The van der Waals surface area contributed by atoms with Crippen molar-refractivity contribution < 1.29 is 0 Å². The van der Waals surface area contributed by atoms with E-state index in [-0.39, 0.29) is 0 Å². The van der Waals surface area contributed by atoms with Crippen molar-refractivity contribution in [3.63, 3.8) is 0 Å². The number of rotatable bonds is 4. The molecule has 0 saturated carbocycles. The zero-order valence-corrected chi connectivity index (χ0v) is 8.93. The highest BCUT2D eigenvalue weighted by Gasteiger charge is 2.05. The van der Waals surface area contributed by atoms with E-state index in [1.807, 2.05) is 36.4 Å². The fourth-order valence-corrected chi connectivity index (χ4v) is 1.44. The number of aromatic nitrogens is 2.